The van der Waals surface area contributed by atoms with E-state index in [2.05, 4.69) is 11.3 Å². The van der Waals surface area contributed by atoms with Crippen LogP contribution in [0, 0.1) is 19.4 Å². The molecule has 0 aliphatic carbocycles. The van der Waals surface area contributed by atoms with Gasteiger partial charge in [0, 0.05) is 12.3 Å². The fourth-order valence-corrected chi connectivity index (χ4v) is 1.73. The monoisotopic (exact) mass is 260 g/mol. The Labute approximate surface area is 101 Å². The Morgan fingerprint density at radius 3 is 2.76 bits per heavy atom. The van der Waals surface area contributed by atoms with Gasteiger partial charge in [-0.15, -0.1) is 0 Å². The van der Waals surface area contributed by atoms with Crippen molar-refractivity contribution in [2.45, 2.75) is 19.1 Å². The maximum absolute atomic E-state index is 11.2. The van der Waals surface area contributed by atoms with Gasteiger partial charge in [0.1, 0.15) is 13.2 Å². The van der Waals surface area contributed by atoms with E-state index in [9.17, 15) is 13.2 Å². The third-order valence-electron chi connectivity index (χ3n) is 1.90. The van der Waals surface area contributed by atoms with E-state index >= 15 is 0 Å². The number of nitrogens with one attached hydrogen (secondary N) is 1. The van der Waals surface area contributed by atoms with Gasteiger partial charge < -0.3 is 9.47 Å². The lowest BCUT2D eigenvalue weighted by Gasteiger charge is -2.27. The number of esters is 1. The lowest BCUT2D eigenvalue weighted by molar-refractivity contribution is -0.144. The van der Waals surface area contributed by atoms with E-state index in [-0.39, 0.29) is 12.7 Å². The first-order chi connectivity index (χ1) is 7.93. The molecule has 1 N–H and O–H groups in total. The molecule has 1 aliphatic heterocycles. The molecule has 7 heteroatoms. The normalized spacial score (nSPS) is 25.2. The first kappa shape index (κ1) is 14.1. The predicted molar refractivity (Wildman–Crippen MR) is 60.4 cm³/mol. The summed E-state index contributed by atoms with van der Waals surface area (Å²) in [5.74, 6) is -0.392. The minimum atomic E-state index is -3.50. The van der Waals surface area contributed by atoms with Gasteiger partial charge in [0.05, 0.1) is 12.1 Å². The van der Waals surface area contributed by atoms with Gasteiger partial charge in [-0.25, -0.2) is 13.1 Å². The van der Waals surface area contributed by atoms with Gasteiger partial charge in [0.25, 0.3) is 0 Å². The summed E-state index contributed by atoms with van der Waals surface area (Å²) in [6.45, 7) is 5.91. The second-order valence-electron chi connectivity index (χ2n) is 3.35. The van der Waals surface area contributed by atoms with Crippen molar-refractivity contribution in [3.8, 4) is 0 Å². The molecule has 17 heavy (non-hydrogen) atoms. The Kier molecular flexibility index (Phi) is 5.10. The Hall–Kier alpha value is -0.920. The summed E-state index contributed by atoms with van der Waals surface area (Å²) in [6, 6.07) is -0.549. The highest BCUT2D eigenvalue weighted by Crippen LogP contribution is 2.16. The van der Waals surface area contributed by atoms with E-state index in [1.807, 2.05) is 0 Å². The zero-order chi connectivity index (χ0) is 12.9. The van der Waals surface area contributed by atoms with Crippen molar-refractivity contribution < 1.29 is 22.7 Å². The minimum absolute atomic E-state index is 0.100. The van der Waals surface area contributed by atoms with Gasteiger partial charge in [-0.1, -0.05) is 6.58 Å². The second-order valence-corrected chi connectivity index (χ2v) is 5.01. The maximum Gasteiger partial charge on any atom is 0.302 e. The molecule has 1 aliphatic rings. The average Bonchev–Trinajstić information content (AvgIpc) is 2.28. The predicted octanol–water partition coefficient (Wildman–Crippen LogP) is -0.0498. The molecule has 1 rings (SSSR count). The van der Waals surface area contributed by atoms with Crippen LogP contribution in [0.15, 0.2) is 12.0 Å². The maximum atomic E-state index is 11.2. The van der Waals surface area contributed by atoms with E-state index in [0.717, 1.165) is 5.41 Å². The summed E-state index contributed by atoms with van der Waals surface area (Å²) in [5.41, 5.74) is 0. The highest BCUT2D eigenvalue weighted by molar-refractivity contribution is 7.92. The molecule has 0 aromatic carbocycles. The molecule has 0 unspecified atom stereocenters. The quantitative estimate of drug-likeness (QED) is 0.701. The Balaban J connectivity index is 2.31. The zero-order valence-electron chi connectivity index (χ0n) is 9.33. The molecule has 0 saturated carbocycles. The lowest BCUT2D eigenvalue weighted by Crippen LogP contribution is -2.41. The van der Waals surface area contributed by atoms with E-state index < -0.39 is 22.0 Å². The van der Waals surface area contributed by atoms with Crippen LogP contribution in [0.4, 0.5) is 0 Å². The van der Waals surface area contributed by atoms with Crippen molar-refractivity contribution in [3.05, 3.63) is 31.4 Å². The molecular weight excluding hydrogens is 246 g/mol. The van der Waals surface area contributed by atoms with Crippen molar-refractivity contribution in [2.75, 3.05) is 6.61 Å². The summed E-state index contributed by atoms with van der Waals surface area (Å²) in [6.07, 6.45) is 2.85. The smallest absolute Gasteiger partial charge is 0.302 e. The summed E-state index contributed by atoms with van der Waals surface area (Å²) in [4.78, 5) is 10.6. The van der Waals surface area contributed by atoms with Gasteiger partial charge in [-0.05, 0) is 12.8 Å². The third kappa shape index (κ3) is 5.29. The van der Waals surface area contributed by atoms with Crippen molar-refractivity contribution in [1.29, 1.82) is 0 Å². The molecule has 1 heterocycles. The van der Waals surface area contributed by atoms with Gasteiger partial charge in [0.2, 0.25) is 10.0 Å². The fraction of sp³-hybridized carbons (Fsp3) is 0.400. The Morgan fingerprint density at radius 2 is 2.29 bits per heavy atom. The lowest BCUT2D eigenvalue weighted by atomic mass is 10.1. The second kappa shape index (κ2) is 6.13. The fourth-order valence-electron chi connectivity index (χ4n) is 1.12. The summed E-state index contributed by atoms with van der Waals surface area (Å²) < 4.78 is 34.6. The van der Waals surface area contributed by atoms with Crippen LogP contribution in [0.25, 0.3) is 0 Å². The van der Waals surface area contributed by atoms with Crippen LogP contribution < -0.4 is 4.72 Å². The van der Waals surface area contributed by atoms with Crippen LogP contribution in [-0.2, 0) is 24.3 Å². The summed E-state index contributed by atoms with van der Waals surface area (Å²) in [7, 11) is -3.50. The minimum Gasteiger partial charge on any atom is -0.463 e. The molecule has 95 valence electrons. The molecule has 1 fully saturated rings. The highest BCUT2D eigenvalue weighted by Gasteiger charge is 2.25. The Morgan fingerprint density at radius 1 is 1.59 bits per heavy atom. The number of carbonyl (C=O) groups excluding carboxylic acids is 1. The first-order valence-corrected chi connectivity index (χ1v) is 6.43. The van der Waals surface area contributed by atoms with Crippen LogP contribution in [0.3, 0.4) is 0 Å². The number of carbonyl (C=O) groups is 1. The van der Waals surface area contributed by atoms with E-state index in [0.29, 0.717) is 0 Å². The van der Waals surface area contributed by atoms with Gasteiger partial charge >= 0.3 is 5.97 Å². The molecule has 0 aromatic rings. The van der Waals surface area contributed by atoms with Crippen molar-refractivity contribution in [1.82, 2.24) is 4.72 Å². The SMILES string of the molecule is C=CS(=O)(=O)N[C@@H]1[CH][CH][C@H](COC(C)=O)O[CH]1. The van der Waals surface area contributed by atoms with Crippen molar-refractivity contribution in [3.63, 3.8) is 0 Å². The molecule has 1 saturated heterocycles. The summed E-state index contributed by atoms with van der Waals surface area (Å²) >= 11 is 0. The van der Waals surface area contributed by atoms with Gasteiger partial charge in [-0.2, -0.15) is 0 Å². The van der Waals surface area contributed by atoms with Crippen molar-refractivity contribution in [2.24, 2.45) is 0 Å². The van der Waals surface area contributed by atoms with Crippen LogP contribution in [0.5, 0.6) is 0 Å². The van der Waals surface area contributed by atoms with Crippen LogP contribution >= 0.6 is 0 Å². The highest BCUT2D eigenvalue weighted by atomic mass is 32.2. The molecule has 0 spiro atoms. The molecule has 6 nitrogen and oxygen atoms in total. The zero-order valence-corrected chi connectivity index (χ0v) is 10.1. The molecular formula is C10H14NO5S. The standard InChI is InChI=1S/C10H14NO5S/c1-3-17(13,14)11-9-4-5-10(16-6-9)7-15-8(2)12/h3-6,9-11H,1,7H2,2H3/t9-,10-/m1/s1. The first-order valence-electron chi connectivity index (χ1n) is 4.88. The molecule has 2 atom stereocenters. The number of rotatable bonds is 5. The van der Waals surface area contributed by atoms with Crippen LogP contribution in [0.1, 0.15) is 6.92 Å². The molecule has 0 amide bonds. The number of sulfonamides is 1. The van der Waals surface area contributed by atoms with Crippen LogP contribution in [0.2, 0.25) is 0 Å². The summed E-state index contributed by atoms with van der Waals surface area (Å²) in [5, 5.41) is 0.819. The van der Waals surface area contributed by atoms with E-state index in [4.69, 9.17) is 9.47 Å². The van der Waals surface area contributed by atoms with Gasteiger partial charge in [0.15, 0.2) is 0 Å². The number of ether oxygens (including phenoxy) is 2. The average molecular weight is 260 g/mol. The number of hydrogen-bond acceptors (Lipinski definition) is 5. The van der Waals surface area contributed by atoms with Crippen LogP contribution in [-0.4, -0.2) is 33.1 Å². The third-order valence-corrected chi connectivity index (χ3v) is 2.94. The largest absolute Gasteiger partial charge is 0.463 e. The number of hydrogen-bond donors (Lipinski definition) is 1. The van der Waals surface area contributed by atoms with E-state index in [1.54, 1.807) is 12.8 Å². The molecule has 3 radical (unpaired) electrons. The topological polar surface area (TPSA) is 81.7 Å². The molecule has 0 bridgehead atoms. The molecule has 0 aromatic heterocycles. The Bertz CT molecular complexity index is 370. The van der Waals surface area contributed by atoms with Gasteiger partial charge in [-0.3, -0.25) is 4.79 Å². The van der Waals surface area contributed by atoms with Crippen molar-refractivity contribution >= 4 is 16.0 Å². The van der Waals surface area contributed by atoms with E-state index in [1.165, 1.54) is 13.5 Å².